The zero-order valence-electron chi connectivity index (χ0n) is 13.9. The molecule has 4 aliphatic carbocycles. The lowest BCUT2D eigenvalue weighted by Gasteiger charge is -2.57. The first kappa shape index (κ1) is 15.4. The number of hydrogen-bond acceptors (Lipinski definition) is 3. The van der Waals surface area contributed by atoms with Gasteiger partial charge in [0.15, 0.2) is 0 Å². The molecule has 4 saturated carbocycles. The van der Waals surface area contributed by atoms with Crippen molar-refractivity contribution < 1.29 is 9.59 Å². The first-order valence-corrected chi connectivity index (χ1v) is 9.34. The van der Waals surface area contributed by atoms with E-state index in [0.29, 0.717) is 6.54 Å². The summed E-state index contributed by atoms with van der Waals surface area (Å²) < 4.78 is 0. The summed E-state index contributed by atoms with van der Waals surface area (Å²) in [7, 11) is 0. The Bertz CT molecular complexity index is 461. The number of nitrogens with one attached hydrogen (secondary N) is 1. The second kappa shape index (κ2) is 5.76. The molecule has 2 amide bonds. The van der Waals surface area contributed by atoms with E-state index in [2.05, 4.69) is 10.2 Å². The van der Waals surface area contributed by atoms with Gasteiger partial charge >= 0.3 is 0 Å². The summed E-state index contributed by atoms with van der Waals surface area (Å²) in [5.74, 6) is 2.55. The molecule has 5 fully saturated rings. The molecule has 5 nitrogen and oxygen atoms in total. The average molecular weight is 319 g/mol. The van der Waals surface area contributed by atoms with Crippen molar-refractivity contribution in [2.45, 2.75) is 56.9 Å². The lowest BCUT2D eigenvalue weighted by molar-refractivity contribution is -0.128. The highest BCUT2D eigenvalue weighted by Gasteiger charge is 2.51. The number of nitrogens with zero attached hydrogens (tertiary/aromatic N) is 1. The fraction of sp³-hybridized carbons (Fsp3) is 0.889. The topological polar surface area (TPSA) is 75.4 Å². The van der Waals surface area contributed by atoms with E-state index in [4.69, 9.17) is 5.73 Å². The molecule has 0 atom stereocenters. The molecule has 0 aromatic rings. The molecule has 0 radical (unpaired) electrons. The third-order valence-electron chi connectivity index (χ3n) is 6.80. The smallest absolute Gasteiger partial charge is 0.234 e. The number of carbonyl (C=O) groups excluding carboxylic acids is 2. The molecule has 5 rings (SSSR count). The highest BCUT2D eigenvalue weighted by molar-refractivity contribution is 5.79. The van der Waals surface area contributed by atoms with Crippen molar-refractivity contribution >= 4 is 11.8 Å². The number of likely N-dealkylation sites (tertiary alicyclic amines) is 1. The Balaban J connectivity index is 1.30. The van der Waals surface area contributed by atoms with Crippen LogP contribution in [0.5, 0.6) is 0 Å². The Hall–Kier alpha value is -1.10. The molecule has 5 heteroatoms. The SMILES string of the molecule is NC(=O)C1CCN(CC(=O)NC23CC4CC(CC(C4)C2)C3)CC1. The monoisotopic (exact) mass is 319 g/mol. The summed E-state index contributed by atoms with van der Waals surface area (Å²) in [6.45, 7) is 2.09. The molecule has 5 aliphatic rings. The number of primary amides is 1. The number of piperidine rings is 1. The molecule has 3 N–H and O–H groups in total. The molecular weight excluding hydrogens is 290 g/mol. The van der Waals surface area contributed by atoms with E-state index in [1.165, 1.54) is 38.5 Å². The third kappa shape index (κ3) is 3.12. The van der Waals surface area contributed by atoms with E-state index in [1.54, 1.807) is 0 Å². The minimum absolute atomic E-state index is 0.00235. The molecule has 1 aliphatic heterocycles. The van der Waals surface area contributed by atoms with Crippen LogP contribution in [0.15, 0.2) is 0 Å². The second-order valence-electron chi connectivity index (χ2n) is 8.70. The Morgan fingerprint density at radius 1 is 1.00 bits per heavy atom. The summed E-state index contributed by atoms with van der Waals surface area (Å²) in [6.07, 6.45) is 9.39. The van der Waals surface area contributed by atoms with Gasteiger partial charge in [-0.05, 0) is 82.2 Å². The van der Waals surface area contributed by atoms with Crippen LogP contribution in [0.25, 0.3) is 0 Å². The van der Waals surface area contributed by atoms with Crippen molar-refractivity contribution in [1.29, 1.82) is 0 Å². The molecule has 0 aromatic carbocycles. The van der Waals surface area contributed by atoms with Crippen LogP contribution in [0.1, 0.15) is 51.4 Å². The third-order valence-corrected chi connectivity index (χ3v) is 6.80. The van der Waals surface area contributed by atoms with Gasteiger partial charge in [-0.1, -0.05) is 0 Å². The van der Waals surface area contributed by atoms with Gasteiger partial charge in [-0.15, -0.1) is 0 Å². The van der Waals surface area contributed by atoms with Crippen molar-refractivity contribution in [3.05, 3.63) is 0 Å². The second-order valence-corrected chi connectivity index (χ2v) is 8.70. The Morgan fingerprint density at radius 2 is 1.52 bits per heavy atom. The van der Waals surface area contributed by atoms with Gasteiger partial charge in [0.25, 0.3) is 0 Å². The maximum Gasteiger partial charge on any atom is 0.234 e. The zero-order chi connectivity index (χ0) is 16.0. The van der Waals surface area contributed by atoms with Gasteiger partial charge in [0, 0.05) is 11.5 Å². The molecule has 4 bridgehead atoms. The van der Waals surface area contributed by atoms with Crippen LogP contribution < -0.4 is 11.1 Å². The van der Waals surface area contributed by atoms with Crippen molar-refractivity contribution in [2.75, 3.05) is 19.6 Å². The van der Waals surface area contributed by atoms with Crippen LogP contribution in [0.3, 0.4) is 0 Å². The van der Waals surface area contributed by atoms with Gasteiger partial charge in [-0.3, -0.25) is 14.5 Å². The van der Waals surface area contributed by atoms with Crippen LogP contribution in [0, 0.1) is 23.7 Å². The standard InChI is InChI=1S/C18H29N3O2/c19-17(23)15-1-3-21(4-2-15)11-16(22)20-18-8-12-5-13(9-18)7-14(6-12)10-18/h12-15H,1-11H2,(H2,19,23)(H,20,22). The summed E-state index contributed by atoms with van der Waals surface area (Å²) in [6, 6.07) is 0. The van der Waals surface area contributed by atoms with Crippen LogP contribution in [-0.4, -0.2) is 41.9 Å². The van der Waals surface area contributed by atoms with Crippen molar-refractivity contribution in [3.8, 4) is 0 Å². The minimum atomic E-state index is -0.192. The van der Waals surface area contributed by atoms with Crippen LogP contribution >= 0.6 is 0 Å². The molecular formula is C18H29N3O2. The van der Waals surface area contributed by atoms with E-state index >= 15 is 0 Å². The lowest BCUT2D eigenvalue weighted by atomic mass is 9.53. The molecule has 0 aromatic heterocycles. The number of amides is 2. The fourth-order valence-corrected chi connectivity index (χ4v) is 6.18. The highest BCUT2D eigenvalue weighted by atomic mass is 16.2. The van der Waals surface area contributed by atoms with Gasteiger partial charge in [-0.2, -0.15) is 0 Å². The number of nitrogens with two attached hydrogens (primary N) is 1. The van der Waals surface area contributed by atoms with E-state index in [1.807, 2.05) is 0 Å². The van der Waals surface area contributed by atoms with Gasteiger partial charge in [0.05, 0.1) is 6.54 Å². The quantitative estimate of drug-likeness (QED) is 0.819. The molecule has 0 unspecified atom stereocenters. The largest absolute Gasteiger partial charge is 0.369 e. The van der Waals surface area contributed by atoms with Gasteiger partial charge < -0.3 is 11.1 Å². The zero-order valence-corrected chi connectivity index (χ0v) is 13.9. The summed E-state index contributed by atoms with van der Waals surface area (Å²) in [4.78, 5) is 26.0. The van der Waals surface area contributed by atoms with Crippen molar-refractivity contribution in [2.24, 2.45) is 29.4 Å². The molecule has 23 heavy (non-hydrogen) atoms. The summed E-state index contributed by atoms with van der Waals surface area (Å²) >= 11 is 0. The highest BCUT2D eigenvalue weighted by Crippen LogP contribution is 2.55. The first-order chi connectivity index (χ1) is 11.0. The fourth-order valence-electron chi connectivity index (χ4n) is 6.18. The van der Waals surface area contributed by atoms with Gasteiger partial charge in [0.1, 0.15) is 0 Å². The minimum Gasteiger partial charge on any atom is -0.369 e. The van der Waals surface area contributed by atoms with Crippen LogP contribution in [0.4, 0.5) is 0 Å². The van der Waals surface area contributed by atoms with Crippen LogP contribution in [-0.2, 0) is 9.59 Å². The summed E-state index contributed by atoms with van der Waals surface area (Å²) in [5, 5.41) is 3.43. The van der Waals surface area contributed by atoms with Crippen LogP contribution in [0.2, 0.25) is 0 Å². The number of rotatable bonds is 4. The maximum absolute atomic E-state index is 12.6. The molecule has 0 spiro atoms. The van der Waals surface area contributed by atoms with E-state index in [-0.39, 0.29) is 23.3 Å². The average Bonchev–Trinajstić information content (AvgIpc) is 2.45. The van der Waals surface area contributed by atoms with E-state index in [0.717, 1.165) is 43.7 Å². The maximum atomic E-state index is 12.6. The number of carbonyl (C=O) groups is 2. The summed E-state index contributed by atoms with van der Waals surface area (Å²) in [5.41, 5.74) is 5.48. The molecule has 128 valence electrons. The Kier molecular flexibility index (Phi) is 3.87. The molecule has 1 saturated heterocycles. The lowest BCUT2D eigenvalue weighted by Crippen LogP contribution is -2.61. The predicted octanol–water partition coefficient (Wildman–Crippen LogP) is 1.27. The Morgan fingerprint density at radius 3 is 2.00 bits per heavy atom. The van der Waals surface area contributed by atoms with Crippen molar-refractivity contribution in [1.82, 2.24) is 10.2 Å². The number of hydrogen-bond donors (Lipinski definition) is 2. The van der Waals surface area contributed by atoms with Gasteiger partial charge in [-0.25, -0.2) is 0 Å². The van der Waals surface area contributed by atoms with E-state index in [9.17, 15) is 9.59 Å². The van der Waals surface area contributed by atoms with Crippen molar-refractivity contribution in [3.63, 3.8) is 0 Å². The van der Waals surface area contributed by atoms with Gasteiger partial charge in [0.2, 0.25) is 11.8 Å². The molecule has 1 heterocycles. The Labute approximate surface area is 138 Å². The van der Waals surface area contributed by atoms with E-state index < -0.39 is 0 Å². The normalized spacial score (nSPS) is 40.3. The first-order valence-electron chi connectivity index (χ1n) is 9.34. The predicted molar refractivity (Wildman–Crippen MR) is 87.4 cm³/mol.